The molecule has 0 aliphatic heterocycles. The fourth-order valence-corrected chi connectivity index (χ4v) is 2.74. The van der Waals surface area contributed by atoms with Gasteiger partial charge >= 0.3 is 0 Å². The van der Waals surface area contributed by atoms with Crippen molar-refractivity contribution in [3.63, 3.8) is 0 Å². The fraction of sp³-hybridized carbons (Fsp3) is 0.286. The molecule has 0 bridgehead atoms. The SMILES string of the molecule is COc1cc(N)cc(C(=O)Nc2nc(C3CC3)cs2)c1. The molecule has 3 rings (SSSR count). The van der Waals surface area contributed by atoms with Gasteiger partial charge in [-0.1, -0.05) is 0 Å². The average Bonchev–Trinajstić information content (AvgIpc) is 3.19. The van der Waals surface area contributed by atoms with E-state index in [2.05, 4.69) is 10.3 Å². The maximum Gasteiger partial charge on any atom is 0.257 e. The third-order valence-corrected chi connectivity index (χ3v) is 3.94. The predicted molar refractivity (Wildman–Crippen MR) is 79.4 cm³/mol. The fourth-order valence-electron chi connectivity index (χ4n) is 1.95. The van der Waals surface area contributed by atoms with Crippen LogP contribution in [0.4, 0.5) is 10.8 Å². The van der Waals surface area contributed by atoms with Crippen LogP contribution >= 0.6 is 11.3 Å². The molecule has 3 N–H and O–H groups in total. The van der Waals surface area contributed by atoms with E-state index in [4.69, 9.17) is 10.5 Å². The molecular formula is C14H15N3O2S. The maximum atomic E-state index is 12.2. The molecule has 1 fully saturated rings. The summed E-state index contributed by atoms with van der Waals surface area (Å²) in [6.07, 6.45) is 2.40. The van der Waals surface area contributed by atoms with Gasteiger partial charge < -0.3 is 10.5 Å². The third-order valence-electron chi connectivity index (χ3n) is 3.16. The summed E-state index contributed by atoms with van der Waals surface area (Å²) in [5.41, 5.74) is 7.78. The van der Waals surface area contributed by atoms with Crippen LogP contribution in [0.25, 0.3) is 0 Å². The number of thiazole rings is 1. The van der Waals surface area contributed by atoms with E-state index < -0.39 is 0 Å². The Labute approximate surface area is 120 Å². The van der Waals surface area contributed by atoms with Gasteiger partial charge in [-0.15, -0.1) is 11.3 Å². The van der Waals surface area contributed by atoms with Crippen molar-refractivity contribution in [1.29, 1.82) is 0 Å². The number of nitrogens with two attached hydrogens (primary N) is 1. The van der Waals surface area contributed by atoms with E-state index in [1.54, 1.807) is 25.3 Å². The molecular weight excluding hydrogens is 274 g/mol. The number of amides is 1. The predicted octanol–water partition coefficient (Wildman–Crippen LogP) is 2.86. The number of ether oxygens (including phenoxy) is 1. The van der Waals surface area contributed by atoms with Gasteiger partial charge in [0.15, 0.2) is 5.13 Å². The van der Waals surface area contributed by atoms with Gasteiger partial charge in [0, 0.05) is 28.6 Å². The van der Waals surface area contributed by atoms with Crippen molar-refractivity contribution < 1.29 is 9.53 Å². The highest BCUT2D eigenvalue weighted by Crippen LogP contribution is 2.40. The lowest BCUT2D eigenvalue weighted by molar-refractivity contribution is 0.102. The maximum absolute atomic E-state index is 12.2. The number of aromatic nitrogens is 1. The number of hydrogen-bond acceptors (Lipinski definition) is 5. The number of nitrogens with one attached hydrogen (secondary N) is 1. The lowest BCUT2D eigenvalue weighted by Crippen LogP contribution is -2.12. The van der Waals surface area contributed by atoms with Gasteiger partial charge in [-0.05, 0) is 25.0 Å². The Morgan fingerprint density at radius 2 is 2.25 bits per heavy atom. The van der Waals surface area contributed by atoms with Crippen molar-refractivity contribution in [2.45, 2.75) is 18.8 Å². The van der Waals surface area contributed by atoms with Crippen molar-refractivity contribution in [2.24, 2.45) is 0 Å². The first-order valence-corrected chi connectivity index (χ1v) is 7.25. The van der Waals surface area contributed by atoms with Crippen LogP contribution in [0.15, 0.2) is 23.6 Å². The molecule has 1 aromatic carbocycles. The van der Waals surface area contributed by atoms with Crippen LogP contribution in [0.5, 0.6) is 5.75 Å². The first-order chi connectivity index (χ1) is 9.65. The van der Waals surface area contributed by atoms with Gasteiger partial charge in [-0.2, -0.15) is 0 Å². The van der Waals surface area contributed by atoms with E-state index in [-0.39, 0.29) is 5.91 Å². The minimum absolute atomic E-state index is 0.229. The summed E-state index contributed by atoms with van der Waals surface area (Å²) in [6.45, 7) is 0. The Hall–Kier alpha value is -2.08. The summed E-state index contributed by atoms with van der Waals surface area (Å²) in [5, 5.41) is 5.43. The van der Waals surface area contributed by atoms with Crippen molar-refractivity contribution in [3.05, 3.63) is 34.8 Å². The zero-order valence-electron chi connectivity index (χ0n) is 11.1. The summed E-state index contributed by atoms with van der Waals surface area (Å²) < 4.78 is 5.11. The molecule has 1 aliphatic carbocycles. The quantitative estimate of drug-likeness (QED) is 0.848. The largest absolute Gasteiger partial charge is 0.497 e. The van der Waals surface area contributed by atoms with E-state index in [0.29, 0.717) is 28.0 Å². The molecule has 0 unspecified atom stereocenters. The van der Waals surface area contributed by atoms with Crippen molar-refractivity contribution >= 4 is 28.1 Å². The van der Waals surface area contributed by atoms with Crippen LogP contribution in [0, 0.1) is 0 Å². The molecule has 1 aromatic heterocycles. The second kappa shape index (κ2) is 5.13. The Bertz CT molecular complexity index is 650. The van der Waals surface area contributed by atoms with Gasteiger partial charge in [-0.25, -0.2) is 4.98 Å². The smallest absolute Gasteiger partial charge is 0.257 e. The van der Waals surface area contributed by atoms with E-state index in [1.807, 2.05) is 5.38 Å². The summed E-state index contributed by atoms with van der Waals surface area (Å²) in [6, 6.07) is 4.94. The van der Waals surface area contributed by atoms with E-state index in [0.717, 1.165) is 5.69 Å². The minimum Gasteiger partial charge on any atom is -0.497 e. The first kappa shape index (κ1) is 12.9. The number of benzene rings is 1. The Morgan fingerprint density at radius 1 is 1.45 bits per heavy atom. The average molecular weight is 289 g/mol. The topological polar surface area (TPSA) is 77.2 Å². The molecule has 6 heteroatoms. The molecule has 5 nitrogen and oxygen atoms in total. The number of methoxy groups -OCH3 is 1. The van der Waals surface area contributed by atoms with Crippen LogP contribution in [0.1, 0.15) is 34.8 Å². The number of hydrogen-bond donors (Lipinski definition) is 2. The number of carbonyl (C=O) groups excluding carboxylic acids is 1. The highest BCUT2D eigenvalue weighted by Gasteiger charge is 2.26. The lowest BCUT2D eigenvalue weighted by atomic mass is 10.2. The lowest BCUT2D eigenvalue weighted by Gasteiger charge is -2.06. The Morgan fingerprint density at radius 3 is 2.95 bits per heavy atom. The van der Waals surface area contributed by atoms with Gasteiger partial charge in [0.2, 0.25) is 0 Å². The normalized spacial score (nSPS) is 14.1. The minimum atomic E-state index is -0.229. The number of anilines is 2. The molecule has 1 amide bonds. The van der Waals surface area contributed by atoms with Crippen LogP contribution < -0.4 is 15.8 Å². The molecule has 20 heavy (non-hydrogen) atoms. The molecule has 1 heterocycles. The van der Waals surface area contributed by atoms with Gasteiger partial charge in [0.25, 0.3) is 5.91 Å². The van der Waals surface area contributed by atoms with Crippen LogP contribution in [-0.4, -0.2) is 18.0 Å². The molecule has 1 saturated carbocycles. The number of carbonyl (C=O) groups is 1. The summed E-state index contributed by atoms with van der Waals surface area (Å²) in [5.74, 6) is 0.921. The molecule has 0 spiro atoms. The molecule has 104 valence electrons. The molecule has 0 saturated heterocycles. The molecule has 0 radical (unpaired) electrons. The van der Waals surface area contributed by atoms with Crippen molar-refractivity contribution in [3.8, 4) is 5.75 Å². The second-order valence-corrected chi connectivity index (χ2v) is 5.66. The molecule has 2 aromatic rings. The molecule has 1 aliphatic rings. The number of nitrogen functional groups attached to an aromatic ring is 1. The summed E-state index contributed by atoms with van der Waals surface area (Å²) in [7, 11) is 1.54. The van der Waals surface area contributed by atoms with Crippen molar-refractivity contribution in [1.82, 2.24) is 4.98 Å². The zero-order chi connectivity index (χ0) is 14.1. The van der Waals surface area contributed by atoms with Crippen molar-refractivity contribution in [2.75, 3.05) is 18.2 Å². The number of nitrogens with zero attached hydrogens (tertiary/aromatic N) is 1. The van der Waals surface area contributed by atoms with Gasteiger partial charge in [0.1, 0.15) is 5.75 Å². The highest BCUT2D eigenvalue weighted by molar-refractivity contribution is 7.14. The zero-order valence-corrected chi connectivity index (χ0v) is 11.9. The first-order valence-electron chi connectivity index (χ1n) is 6.37. The van der Waals surface area contributed by atoms with E-state index in [9.17, 15) is 4.79 Å². The van der Waals surface area contributed by atoms with E-state index in [1.165, 1.54) is 24.2 Å². The number of rotatable bonds is 4. The summed E-state index contributed by atoms with van der Waals surface area (Å²) >= 11 is 1.45. The summed E-state index contributed by atoms with van der Waals surface area (Å²) in [4.78, 5) is 16.6. The van der Waals surface area contributed by atoms with Crippen LogP contribution in [0.3, 0.4) is 0 Å². The van der Waals surface area contributed by atoms with Gasteiger partial charge in [0.05, 0.1) is 12.8 Å². The van der Waals surface area contributed by atoms with Crippen LogP contribution in [0.2, 0.25) is 0 Å². The monoisotopic (exact) mass is 289 g/mol. The van der Waals surface area contributed by atoms with Crippen LogP contribution in [-0.2, 0) is 0 Å². The van der Waals surface area contributed by atoms with Gasteiger partial charge in [-0.3, -0.25) is 10.1 Å². The van der Waals surface area contributed by atoms with E-state index >= 15 is 0 Å². The standard InChI is InChI=1S/C14H15N3O2S/c1-19-11-5-9(4-10(15)6-11)13(18)17-14-16-12(7-20-14)8-2-3-8/h4-8H,2-3,15H2,1H3,(H,16,17,18). The molecule has 0 atom stereocenters. The highest BCUT2D eigenvalue weighted by atomic mass is 32.1. The second-order valence-electron chi connectivity index (χ2n) is 4.80. The third kappa shape index (κ3) is 2.75. The Balaban J connectivity index is 1.76. The Kier molecular flexibility index (Phi) is 3.31.